The summed E-state index contributed by atoms with van der Waals surface area (Å²) in [5.41, 5.74) is -0.424. The predicted octanol–water partition coefficient (Wildman–Crippen LogP) is 5.73. The number of alkyl carbamates (subject to hydrolysis) is 1. The average Bonchev–Trinajstić information content (AvgIpc) is 2.43. The molecule has 0 aromatic heterocycles. The highest BCUT2D eigenvalue weighted by Gasteiger charge is 2.37. The molecule has 1 rings (SSSR count). The lowest BCUT2D eigenvalue weighted by atomic mass is 9.81. The lowest BCUT2D eigenvalue weighted by molar-refractivity contribution is 0.0523. The second kappa shape index (κ2) is 8.89. The van der Waals surface area contributed by atoms with E-state index >= 15 is 0 Å². The number of amides is 1. The molecule has 0 heterocycles. The molecular formula is C20H41NO3Si. The Morgan fingerprint density at radius 1 is 1.00 bits per heavy atom. The lowest BCUT2D eigenvalue weighted by Crippen LogP contribution is -2.42. The SMILES string of the molecule is CC(C)(C)OC(=O)NCCC1CCC(CO[Si](C)(C)C(C)(C)C)CC1. The van der Waals surface area contributed by atoms with Crippen LogP contribution in [0.25, 0.3) is 0 Å². The third-order valence-corrected chi connectivity index (χ3v) is 10.2. The van der Waals surface area contributed by atoms with Gasteiger partial charge in [0, 0.05) is 13.2 Å². The molecule has 1 fully saturated rings. The van der Waals surface area contributed by atoms with Crippen LogP contribution in [0.5, 0.6) is 0 Å². The standard InChI is InChI=1S/C20H41NO3Si/c1-19(2,3)24-18(22)21-14-13-16-9-11-17(12-10-16)15-23-25(7,8)20(4,5)6/h16-17H,9-15H2,1-8H3,(H,21,22). The molecule has 0 unspecified atom stereocenters. The van der Waals surface area contributed by atoms with Gasteiger partial charge in [0.1, 0.15) is 5.60 Å². The number of hydrogen-bond donors (Lipinski definition) is 1. The van der Waals surface area contributed by atoms with E-state index in [1.54, 1.807) is 0 Å². The zero-order valence-corrected chi connectivity index (χ0v) is 18.8. The summed E-state index contributed by atoms with van der Waals surface area (Å²) in [6, 6.07) is 0. The van der Waals surface area contributed by atoms with Crippen molar-refractivity contribution in [2.75, 3.05) is 13.2 Å². The van der Waals surface area contributed by atoms with Crippen LogP contribution in [0.3, 0.4) is 0 Å². The molecule has 0 saturated heterocycles. The van der Waals surface area contributed by atoms with Gasteiger partial charge in [-0.1, -0.05) is 33.6 Å². The van der Waals surface area contributed by atoms with E-state index in [9.17, 15) is 4.79 Å². The van der Waals surface area contributed by atoms with Crippen LogP contribution in [0.4, 0.5) is 4.79 Å². The van der Waals surface area contributed by atoms with Crippen molar-refractivity contribution in [3.63, 3.8) is 0 Å². The van der Waals surface area contributed by atoms with Gasteiger partial charge >= 0.3 is 6.09 Å². The van der Waals surface area contributed by atoms with Gasteiger partial charge in [-0.3, -0.25) is 0 Å². The number of carbonyl (C=O) groups is 1. The molecule has 25 heavy (non-hydrogen) atoms. The smallest absolute Gasteiger partial charge is 0.407 e. The van der Waals surface area contributed by atoms with E-state index in [1.807, 2.05) is 20.8 Å². The van der Waals surface area contributed by atoms with Gasteiger partial charge < -0.3 is 14.5 Å². The number of ether oxygens (including phenoxy) is 1. The molecule has 4 nitrogen and oxygen atoms in total. The second-order valence-electron chi connectivity index (χ2n) is 10.2. The first-order valence-electron chi connectivity index (χ1n) is 9.91. The zero-order chi connectivity index (χ0) is 19.3. The van der Waals surface area contributed by atoms with Crippen LogP contribution >= 0.6 is 0 Å². The van der Waals surface area contributed by atoms with Crippen molar-refractivity contribution >= 4 is 14.4 Å². The van der Waals surface area contributed by atoms with Crippen LogP contribution < -0.4 is 5.32 Å². The monoisotopic (exact) mass is 371 g/mol. The Balaban J connectivity index is 2.21. The third kappa shape index (κ3) is 8.58. The Bertz CT molecular complexity index is 416. The molecule has 1 amide bonds. The summed E-state index contributed by atoms with van der Waals surface area (Å²) in [5, 5.41) is 3.17. The summed E-state index contributed by atoms with van der Waals surface area (Å²) in [6.45, 7) is 18.9. The summed E-state index contributed by atoms with van der Waals surface area (Å²) < 4.78 is 11.7. The highest BCUT2D eigenvalue weighted by Crippen LogP contribution is 2.38. The quantitative estimate of drug-likeness (QED) is 0.607. The van der Waals surface area contributed by atoms with Gasteiger partial charge in [-0.2, -0.15) is 0 Å². The van der Waals surface area contributed by atoms with Crippen molar-refractivity contribution in [2.24, 2.45) is 11.8 Å². The minimum atomic E-state index is -1.62. The summed E-state index contributed by atoms with van der Waals surface area (Å²) in [6.07, 6.45) is 5.76. The lowest BCUT2D eigenvalue weighted by Gasteiger charge is -2.38. The highest BCUT2D eigenvalue weighted by molar-refractivity contribution is 6.74. The fraction of sp³-hybridized carbons (Fsp3) is 0.950. The van der Waals surface area contributed by atoms with Gasteiger partial charge in [0.25, 0.3) is 0 Å². The summed E-state index contributed by atoms with van der Waals surface area (Å²) in [5.74, 6) is 1.43. The van der Waals surface area contributed by atoms with E-state index in [4.69, 9.17) is 9.16 Å². The van der Waals surface area contributed by atoms with E-state index in [0.29, 0.717) is 12.5 Å². The van der Waals surface area contributed by atoms with Crippen LogP contribution in [-0.4, -0.2) is 33.2 Å². The molecule has 0 bridgehead atoms. The third-order valence-electron chi connectivity index (χ3n) is 5.67. The van der Waals surface area contributed by atoms with Gasteiger partial charge in [-0.25, -0.2) is 4.79 Å². The minimum Gasteiger partial charge on any atom is -0.444 e. The minimum absolute atomic E-state index is 0.289. The zero-order valence-electron chi connectivity index (χ0n) is 17.8. The number of carbonyl (C=O) groups excluding carboxylic acids is 1. The summed E-state index contributed by atoms with van der Waals surface area (Å²) >= 11 is 0. The molecule has 148 valence electrons. The molecule has 1 saturated carbocycles. The molecule has 0 aliphatic heterocycles. The van der Waals surface area contributed by atoms with Crippen LogP contribution in [-0.2, 0) is 9.16 Å². The highest BCUT2D eigenvalue weighted by atomic mass is 28.4. The van der Waals surface area contributed by atoms with Gasteiger partial charge in [-0.15, -0.1) is 0 Å². The molecule has 0 aromatic carbocycles. The van der Waals surface area contributed by atoms with Crippen molar-refractivity contribution in [2.45, 2.75) is 97.4 Å². The second-order valence-corrected chi connectivity index (χ2v) is 15.0. The number of nitrogens with one attached hydrogen (secondary N) is 1. The van der Waals surface area contributed by atoms with Gasteiger partial charge in [0.2, 0.25) is 0 Å². The van der Waals surface area contributed by atoms with E-state index < -0.39 is 13.9 Å². The predicted molar refractivity (Wildman–Crippen MR) is 107 cm³/mol. The summed E-state index contributed by atoms with van der Waals surface area (Å²) in [4.78, 5) is 11.7. The molecule has 0 atom stereocenters. The maximum absolute atomic E-state index is 11.7. The van der Waals surface area contributed by atoms with Crippen molar-refractivity contribution in [3.8, 4) is 0 Å². The molecule has 5 heteroatoms. The molecule has 1 aliphatic carbocycles. The molecule has 0 aromatic rings. The number of hydrogen-bond acceptors (Lipinski definition) is 3. The Kier molecular flexibility index (Phi) is 8.00. The first-order valence-corrected chi connectivity index (χ1v) is 12.8. The summed E-state index contributed by atoms with van der Waals surface area (Å²) in [7, 11) is -1.62. The Morgan fingerprint density at radius 3 is 2.00 bits per heavy atom. The first kappa shape index (κ1) is 22.5. The maximum atomic E-state index is 11.7. The van der Waals surface area contributed by atoms with Crippen LogP contribution in [0.2, 0.25) is 18.1 Å². The largest absolute Gasteiger partial charge is 0.444 e. The first-order chi connectivity index (χ1) is 11.3. The van der Waals surface area contributed by atoms with Crippen molar-refractivity contribution in [1.29, 1.82) is 0 Å². The molecular weight excluding hydrogens is 330 g/mol. The van der Waals surface area contributed by atoms with Crippen LogP contribution in [0, 0.1) is 11.8 Å². The molecule has 1 N–H and O–H groups in total. The van der Waals surface area contributed by atoms with Gasteiger partial charge in [0.05, 0.1) is 0 Å². The van der Waals surface area contributed by atoms with E-state index in [-0.39, 0.29) is 11.1 Å². The average molecular weight is 372 g/mol. The van der Waals surface area contributed by atoms with Gasteiger partial charge in [-0.05, 0) is 70.0 Å². The topological polar surface area (TPSA) is 47.6 Å². The Morgan fingerprint density at radius 2 is 1.52 bits per heavy atom. The maximum Gasteiger partial charge on any atom is 0.407 e. The van der Waals surface area contributed by atoms with Crippen molar-refractivity contribution in [1.82, 2.24) is 5.32 Å². The van der Waals surface area contributed by atoms with Crippen LogP contribution in [0.1, 0.15) is 73.6 Å². The Labute approximate surface area is 156 Å². The van der Waals surface area contributed by atoms with Gasteiger partial charge in [0.15, 0.2) is 8.32 Å². The molecule has 0 radical (unpaired) electrons. The van der Waals surface area contributed by atoms with Crippen molar-refractivity contribution in [3.05, 3.63) is 0 Å². The molecule has 1 aliphatic rings. The number of rotatable bonds is 6. The fourth-order valence-corrected chi connectivity index (χ4v) is 4.01. The van der Waals surface area contributed by atoms with Crippen LogP contribution in [0.15, 0.2) is 0 Å². The van der Waals surface area contributed by atoms with E-state index in [0.717, 1.165) is 18.9 Å². The van der Waals surface area contributed by atoms with E-state index in [1.165, 1.54) is 25.7 Å². The molecule has 0 spiro atoms. The fourth-order valence-electron chi connectivity index (χ4n) is 2.92. The Hall–Kier alpha value is -0.553. The normalized spacial score (nSPS) is 22.6. The van der Waals surface area contributed by atoms with E-state index in [2.05, 4.69) is 39.2 Å². The van der Waals surface area contributed by atoms with Crippen molar-refractivity contribution < 1.29 is 14.0 Å².